The predicted molar refractivity (Wildman–Crippen MR) is 59.3 cm³/mol. The van der Waals surface area contributed by atoms with Crippen LogP contribution in [0.1, 0.15) is 29.1 Å². The van der Waals surface area contributed by atoms with E-state index < -0.39 is 0 Å². The number of nitrogens with zero attached hydrogens (tertiary/aromatic N) is 1. The Bertz CT molecular complexity index is 297. The number of aromatic nitrogens is 1. The second-order valence-corrected chi connectivity index (χ2v) is 5.32. The molecule has 1 aromatic rings. The molecule has 0 aliphatic heterocycles. The Morgan fingerprint density at radius 3 is 3.07 bits per heavy atom. The van der Waals surface area contributed by atoms with Crippen LogP contribution in [-0.4, -0.2) is 17.1 Å². The van der Waals surface area contributed by atoms with Crippen LogP contribution in [0.15, 0.2) is 6.20 Å². The lowest BCUT2D eigenvalue weighted by Gasteiger charge is -2.10. The van der Waals surface area contributed by atoms with Crippen molar-refractivity contribution in [2.24, 2.45) is 5.73 Å². The molecule has 3 N–H and O–H groups in total. The molecule has 0 amide bonds. The van der Waals surface area contributed by atoms with E-state index >= 15 is 0 Å². The molecule has 3 nitrogen and oxygen atoms in total. The van der Waals surface area contributed by atoms with Gasteiger partial charge in [0, 0.05) is 29.7 Å². The Balaban J connectivity index is 1.77. The van der Waals surface area contributed by atoms with Crippen LogP contribution in [0.25, 0.3) is 0 Å². The summed E-state index contributed by atoms with van der Waals surface area (Å²) in [6, 6.07) is 1.03. The summed E-state index contributed by atoms with van der Waals surface area (Å²) in [5.41, 5.74) is 5.85. The minimum atomic E-state index is 0.413. The van der Waals surface area contributed by atoms with Gasteiger partial charge in [0.05, 0.1) is 5.01 Å². The molecule has 0 bridgehead atoms. The van der Waals surface area contributed by atoms with Crippen LogP contribution in [0.2, 0.25) is 0 Å². The summed E-state index contributed by atoms with van der Waals surface area (Å²) in [5, 5.41) is 4.68. The van der Waals surface area contributed by atoms with Crippen LogP contribution in [0.4, 0.5) is 0 Å². The molecule has 0 spiro atoms. The first-order chi connectivity index (χ1) is 6.74. The van der Waals surface area contributed by atoms with Crippen molar-refractivity contribution in [2.45, 2.75) is 44.8 Å². The van der Waals surface area contributed by atoms with Crippen molar-refractivity contribution >= 4 is 11.3 Å². The van der Waals surface area contributed by atoms with Gasteiger partial charge in [-0.2, -0.15) is 0 Å². The van der Waals surface area contributed by atoms with E-state index in [9.17, 15) is 0 Å². The molecule has 1 fully saturated rings. The third kappa shape index (κ3) is 2.53. The molecule has 2 atom stereocenters. The first kappa shape index (κ1) is 10.1. The summed E-state index contributed by atoms with van der Waals surface area (Å²) in [6.45, 7) is 2.99. The largest absolute Gasteiger partial charge is 0.328 e. The van der Waals surface area contributed by atoms with E-state index in [1.165, 1.54) is 17.7 Å². The second kappa shape index (κ2) is 4.38. The molecular weight excluding hydrogens is 194 g/mol. The fraction of sp³-hybridized carbons (Fsp3) is 0.700. The first-order valence-corrected chi connectivity index (χ1v) is 5.96. The van der Waals surface area contributed by atoms with Gasteiger partial charge in [0.1, 0.15) is 0 Å². The quantitative estimate of drug-likeness (QED) is 0.795. The highest BCUT2D eigenvalue weighted by Crippen LogP contribution is 2.18. The van der Waals surface area contributed by atoms with Crippen molar-refractivity contribution < 1.29 is 0 Å². The number of thiazole rings is 1. The molecule has 0 saturated heterocycles. The number of aryl methyl sites for hydroxylation is 1. The van der Waals surface area contributed by atoms with Gasteiger partial charge >= 0.3 is 0 Å². The summed E-state index contributed by atoms with van der Waals surface area (Å²) in [6.07, 6.45) is 5.47. The summed E-state index contributed by atoms with van der Waals surface area (Å²) in [7, 11) is 0. The van der Waals surface area contributed by atoms with Crippen LogP contribution in [-0.2, 0) is 6.54 Å². The lowest BCUT2D eigenvalue weighted by atomic mass is 10.2. The topological polar surface area (TPSA) is 50.9 Å². The number of rotatable bonds is 3. The summed E-state index contributed by atoms with van der Waals surface area (Å²) in [4.78, 5) is 5.55. The maximum atomic E-state index is 5.85. The van der Waals surface area contributed by atoms with Gasteiger partial charge in [-0.15, -0.1) is 11.3 Å². The number of hydrogen-bond donors (Lipinski definition) is 2. The second-order valence-electron chi connectivity index (χ2n) is 4.00. The molecule has 78 valence electrons. The molecule has 4 heteroatoms. The van der Waals surface area contributed by atoms with Crippen molar-refractivity contribution in [2.75, 3.05) is 0 Å². The van der Waals surface area contributed by atoms with E-state index in [0.717, 1.165) is 18.0 Å². The zero-order chi connectivity index (χ0) is 9.97. The lowest BCUT2D eigenvalue weighted by molar-refractivity contribution is 0.519. The van der Waals surface area contributed by atoms with Gasteiger partial charge in [-0.25, -0.2) is 4.98 Å². The molecule has 0 aromatic carbocycles. The van der Waals surface area contributed by atoms with Crippen LogP contribution < -0.4 is 11.1 Å². The number of hydrogen-bond acceptors (Lipinski definition) is 4. The van der Waals surface area contributed by atoms with Crippen molar-refractivity contribution in [3.05, 3.63) is 16.1 Å². The third-order valence-electron chi connectivity index (χ3n) is 2.71. The van der Waals surface area contributed by atoms with Gasteiger partial charge in [-0.05, 0) is 26.2 Å². The van der Waals surface area contributed by atoms with E-state index in [-0.39, 0.29) is 0 Å². The summed E-state index contributed by atoms with van der Waals surface area (Å²) >= 11 is 1.77. The van der Waals surface area contributed by atoms with E-state index in [4.69, 9.17) is 5.73 Å². The zero-order valence-corrected chi connectivity index (χ0v) is 9.31. The number of nitrogens with one attached hydrogen (secondary N) is 1. The Hall–Kier alpha value is -0.450. The van der Waals surface area contributed by atoms with Gasteiger partial charge in [0.25, 0.3) is 0 Å². The van der Waals surface area contributed by atoms with Gasteiger partial charge in [-0.3, -0.25) is 0 Å². The smallest absolute Gasteiger partial charge is 0.0897 e. The highest BCUT2D eigenvalue weighted by molar-refractivity contribution is 7.11. The van der Waals surface area contributed by atoms with Gasteiger partial charge < -0.3 is 11.1 Å². The SMILES string of the molecule is Cc1ncc(CNC2CCC(N)C2)s1. The summed E-state index contributed by atoms with van der Waals surface area (Å²) < 4.78 is 0. The number of nitrogens with two attached hydrogens (primary N) is 1. The van der Waals surface area contributed by atoms with Crippen LogP contribution in [0, 0.1) is 6.92 Å². The molecule has 1 aromatic heterocycles. The molecule has 14 heavy (non-hydrogen) atoms. The standard InChI is InChI=1S/C10H17N3S/c1-7-12-5-10(14-7)6-13-9-3-2-8(11)4-9/h5,8-9,13H,2-4,6,11H2,1H3. The molecular formula is C10H17N3S. The van der Waals surface area contributed by atoms with Crippen LogP contribution in [0.3, 0.4) is 0 Å². The highest BCUT2D eigenvalue weighted by atomic mass is 32.1. The van der Waals surface area contributed by atoms with E-state index in [1.54, 1.807) is 11.3 Å². The van der Waals surface area contributed by atoms with Crippen LogP contribution in [0.5, 0.6) is 0 Å². The maximum Gasteiger partial charge on any atom is 0.0897 e. The Labute approximate surface area is 88.7 Å². The molecule has 1 aliphatic rings. The van der Waals surface area contributed by atoms with Gasteiger partial charge in [-0.1, -0.05) is 0 Å². The Morgan fingerprint density at radius 1 is 1.64 bits per heavy atom. The van der Waals surface area contributed by atoms with Crippen molar-refractivity contribution in [3.63, 3.8) is 0 Å². The molecule has 1 saturated carbocycles. The Kier molecular flexibility index (Phi) is 3.15. The molecule has 1 heterocycles. The molecule has 2 unspecified atom stereocenters. The summed E-state index contributed by atoms with van der Waals surface area (Å²) in [5.74, 6) is 0. The zero-order valence-electron chi connectivity index (χ0n) is 8.49. The van der Waals surface area contributed by atoms with Crippen molar-refractivity contribution in [1.82, 2.24) is 10.3 Å². The normalized spacial score (nSPS) is 27.0. The fourth-order valence-corrected chi connectivity index (χ4v) is 2.68. The van der Waals surface area contributed by atoms with Crippen molar-refractivity contribution in [3.8, 4) is 0 Å². The molecule has 1 aliphatic carbocycles. The van der Waals surface area contributed by atoms with Crippen LogP contribution >= 0.6 is 11.3 Å². The minimum Gasteiger partial charge on any atom is -0.328 e. The van der Waals surface area contributed by atoms with E-state index in [0.29, 0.717) is 12.1 Å². The molecule has 0 radical (unpaired) electrons. The van der Waals surface area contributed by atoms with Crippen molar-refractivity contribution in [1.29, 1.82) is 0 Å². The van der Waals surface area contributed by atoms with E-state index in [2.05, 4.69) is 10.3 Å². The van der Waals surface area contributed by atoms with Gasteiger partial charge in [0.2, 0.25) is 0 Å². The Morgan fingerprint density at radius 2 is 2.50 bits per heavy atom. The monoisotopic (exact) mass is 211 g/mol. The lowest BCUT2D eigenvalue weighted by Crippen LogP contribution is -2.27. The maximum absolute atomic E-state index is 5.85. The third-order valence-corrected chi connectivity index (χ3v) is 3.62. The predicted octanol–water partition coefficient (Wildman–Crippen LogP) is 1.42. The van der Waals surface area contributed by atoms with Gasteiger partial charge in [0.15, 0.2) is 0 Å². The fourth-order valence-electron chi connectivity index (χ4n) is 1.93. The minimum absolute atomic E-state index is 0.413. The average Bonchev–Trinajstić information content (AvgIpc) is 2.72. The average molecular weight is 211 g/mol. The first-order valence-electron chi connectivity index (χ1n) is 5.14. The van der Waals surface area contributed by atoms with E-state index in [1.807, 2.05) is 13.1 Å². The molecule has 2 rings (SSSR count). The highest BCUT2D eigenvalue weighted by Gasteiger charge is 2.20.